The Morgan fingerprint density at radius 2 is 2.09 bits per heavy atom. The van der Waals surface area contributed by atoms with Crippen molar-refractivity contribution in [3.63, 3.8) is 0 Å². The number of allylic oxidation sites excluding steroid dienone is 1. The van der Waals surface area contributed by atoms with Crippen LogP contribution < -0.4 is 15.7 Å². The normalized spacial score (nSPS) is 11.4. The topological polar surface area (TPSA) is 88.2 Å². The van der Waals surface area contributed by atoms with Crippen molar-refractivity contribution in [1.82, 2.24) is 4.98 Å². The summed E-state index contributed by atoms with van der Waals surface area (Å²) in [5.74, 6) is 0.810. The number of hydrogen-bond donors (Lipinski definition) is 1. The van der Waals surface area contributed by atoms with E-state index in [1.165, 1.54) is 11.3 Å². The van der Waals surface area contributed by atoms with E-state index in [9.17, 15) is 10.1 Å². The summed E-state index contributed by atoms with van der Waals surface area (Å²) in [6.07, 6.45) is 3.71. The third kappa shape index (κ3) is 5.51. The van der Waals surface area contributed by atoms with Crippen LogP contribution in [0.2, 0.25) is 0 Å². The first kappa shape index (κ1) is 22.8. The molecule has 0 amide bonds. The van der Waals surface area contributed by atoms with Gasteiger partial charge in [-0.05, 0) is 55.0 Å². The summed E-state index contributed by atoms with van der Waals surface area (Å²) in [5.41, 5.74) is 2.05. The van der Waals surface area contributed by atoms with E-state index in [4.69, 9.17) is 9.15 Å². The van der Waals surface area contributed by atoms with E-state index in [1.54, 1.807) is 23.7 Å². The quantitative estimate of drug-likeness (QED) is 0.155. The molecule has 0 saturated heterocycles. The molecule has 166 valence electrons. The average Bonchev–Trinajstić information content (AvgIpc) is 3.30. The smallest absolute Gasteiger partial charge is 0.345 e. The number of thiazole rings is 1. The predicted molar refractivity (Wildman–Crippen MR) is 135 cm³/mol. The van der Waals surface area contributed by atoms with E-state index in [0.29, 0.717) is 34.0 Å². The number of unbranched alkanes of at least 4 members (excludes halogenated alkanes) is 1. The second-order valence-corrected chi connectivity index (χ2v) is 8.98. The molecule has 2 aromatic heterocycles. The largest absolute Gasteiger partial charge is 0.494 e. The van der Waals surface area contributed by atoms with Crippen LogP contribution in [0, 0.1) is 11.3 Å². The lowest BCUT2D eigenvalue weighted by Gasteiger charge is -2.06. The standard InChI is InChI=1S/C25H20BrN3O3S/c1-2-3-10-31-20-7-5-19(6-8-20)28-14-17(13-27)24-29-22(15-33-24)21-12-16-11-18(26)4-9-23(16)32-25(21)30/h4-9,11-12,14-15,28H,2-3,10H2,1H3. The maximum absolute atomic E-state index is 12.5. The first-order chi connectivity index (χ1) is 16.1. The fourth-order valence-corrected chi connectivity index (χ4v) is 4.24. The molecule has 0 bridgehead atoms. The van der Waals surface area contributed by atoms with Gasteiger partial charge in [-0.2, -0.15) is 5.26 Å². The third-order valence-corrected chi connectivity index (χ3v) is 6.20. The second-order valence-electron chi connectivity index (χ2n) is 7.21. The lowest BCUT2D eigenvalue weighted by Crippen LogP contribution is -2.03. The number of aromatic nitrogens is 1. The zero-order chi connectivity index (χ0) is 23.2. The van der Waals surface area contributed by atoms with Gasteiger partial charge in [0.2, 0.25) is 0 Å². The number of ether oxygens (including phenoxy) is 1. The number of anilines is 1. The van der Waals surface area contributed by atoms with E-state index in [0.717, 1.165) is 34.1 Å². The Kier molecular flexibility index (Phi) is 7.23. The highest BCUT2D eigenvalue weighted by Gasteiger charge is 2.14. The number of nitrogens with zero attached hydrogens (tertiary/aromatic N) is 2. The van der Waals surface area contributed by atoms with E-state index >= 15 is 0 Å². The molecule has 0 atom stereocenters. The van der Waals surface area contributed by atoms with E-state index in [1.807, 2.05) is 36.4 Å². The van der Waals surface area contributed by atoms with Gasteiger partial charge in [0, 0.05) is 27.1 Å². The molecule has 0 radical (unpaired) electrons. The van der Waals surface area contributed by atoms with Crippen LogP contribution in [0.4, 0.5) is 5.69 Å². The van der Waals surface area contributed by atoms with Crippen LogP contribution >= 0.6 is 27.3 Å². The number of nitriles is 1. The molecular weight excluding hydrogens is 502 g/mol. The van der Waals surface area contributed by atoms with Gasteiger partial charge in [0.25, 0.3) is 0 Å². The Bertz CT molecular complexity index is 1400. The number of halogens is 1. The van der Waals surface area contributed by atoms with Crippen LogP contribution in [0.3, 0.4) is 0 Å². The molecule has 2 aromatic carbocycles. The van der Waals surface area contributed by atoms with Crippen molar-refractivity contribution in [3.8, 4) is 23.1 Å². The molecule has 0 aliphatic heterocycles. The summed E-state index contributed by atoms with van der Waals surface area (Å²) >= 11 is 4.72. The molecule has 0 unspecified atom stereocenters. The summed E-state index contributed by atoms with van der Waals surface area (Å²) in [7, 11) is 0. The molecule has 33 heavy (non-hydrogen) atoms. The predicted octanol–water partition coefficient (Wildman–Crippen LogP) is 6.83. The van der Waals surface area contributed by atoms with Crippen molar-refractivity contribution in [1.29, 1.82) is 5.26 Å². The second kappa shape index (κ2) is 10.5. The minimum absolute atomic E-state index is 0.354. The van der Waals surface area contributed by atoms with Gasteiger partial charge in [0.05, 0.1) is 17.9 Å². The van der Waals surface area contributed by atoms with Crippen molar-refractivity contribution < 1.29 is 9.15 Å². The Balaban J connectivity index is 1.53. The molecule has 2 heterocycles. The molecular formula is C25H20BrN3O3S. The SMILES string of the molecule is CCCCOc1ccc(NC=C(C#N)c2nc(-c3cc4cc(Br)ccc4oc3=O)cs2)cc1. The number of hydrogen-bond acceptors (Lipinski definition) is 7. The van der Waals surface area contributed by atoms with Gasteiger partial charge in [-0.15, -0.1) is 11.3 Å². The van der Waals surface area contributed by atoms with E-state index in [-0.39, 0.29) is 0 Å². The number of nitrogens with one attached hydrogen (secondary N) is 1. The van der Waals surface area contributed by atoms with Gasteiger partial charge in [0.1, 0.15) is 28.0 Å². The molecule has 4 aromatic rings. The minimum atomic E-state index is -0.469. The van der Waals surface area contributed by atoms with Crippen LogP contribution in [0.25, 0.3) is 27.8 Å². The third-order valence-electron chi connectivity index (χ3n) is 4.83. The summed E-state index contributed by atoms with van der Waals surface area (Å²) in [6.45, 7) is 2.82. The van der Waals surface area contributed by atoms with Crippen LogP contribution in [0.5, 0.6) is 5.75 Å². The van der Waals surface area contributed by atoms with Crippen molar-refractivity contribution in [2.75, 3.05) is 11.9 Å². The van der Waals surface area contributed by atoms with Gasteiger partial charge >= 0.3 is 5.63 Å². The Morgan fingerprint density at radius 1 is 1.27 bits per heavy atom. The van der Waals surface area contributed by atoms with Crippen LogP contribution in [0.15, 0.2) is 73.8 Å². The molecule has 8 heteroatoms. The van der Waals surface area contributed by atoms with Gasteiger partial charge in [0.15, 0.2) is 0 Å². The molecule has 0 spiro atoms. The minimum Gasteiger partial charge on any atom is -0.494 e. The molecule has 0 fully saturated rings. The fraction of sp³-hybridized carbons (Fsp3) is 0.160. The summed E-state index contributed by atoms with van der Waals surface area (Å²) < 4.78 is 12.0. The van der Waals surface area contributed by atoms with E-state index in [2.05, 4.69) is 39.2 Å². The molecule has 0 aliphatic rings. The first-order valence-electron chi connectivity index (χ1n) is 10.4. The van der Waals surface area contributed by atoms with Gasteiger partial charge in [-0.3, -0.25) is 0 Å². The summed E-state index contributed by atoms with van der Waals surface area (Å²) in [6, 6.07) is 16.9. The van der Waals surface area contributed by atoms with Gasteiger partial charge < -0.3 is 14.5 Å². The van der Waals surface area contributed by atoms with Crippen LogP contribution in [-0.4, -0.2) is 11.6 Å². The summed E-state index contributed by atoms with van der Waals surface area (Å²) in [5, 5.41) is 15.8. The molecule has 0 aliphatic carbocycles. The molecule has 0 saturated carbocycles. The number of rotatable bonds is 8. The highest BCUT2D eigenvalue weighted by molar-refractivity contribution is 9.10. The van der Waals surface area contributed by atoms with Crippen molar-refractivity contribution in [2.24, 2.45) is 0 Å². The fourth-order valence-electron chi connectivity index (χ4n) is 3.07. The zero-order valence-corrected chi connectivity index (χ0v) is 20.2. The van der Waals surface area contributed by atoms with E-state index < -0.39 is 5.63 Å². The summed E-state index contributed by atoms with van der Waals surface area (Å²) in [4.78, 5) is 17.0. The zero-order valence-electron chi connectivity index (χ0n) is 17.8. The number of benzene rings is 2. The lowest BCUT2D eigenvalue weighted by molar-refractivity contribution is 0.309. The van der Waals surface area contributed by atoms with Crippen LogP contribution in [-0.2, 0) is 0 Å². The Hall–Kier alpha value is -3.41. The monoisotopic (exact) mass is 521 g/mol. The average molecular weight is 522 g/mol. The maximum atomic E-state index is 12.5. The van der Waals surface area contributed by atoms with Crippen LogP contribution in [0.1, 0.15) is 24.8 Å². The maximum Gasteiger partial charge on any atom is 0.345 e. The highest BCUT2D eigenvalue weighted by atomic mass is 79.9. The van der Waals surface area contributed by atoms with Crippen molar-refractivity contribution >= 4 is 49.5 Å². The van der Waals surface area contributed by atoms with Crippen molar-refractivity contribution in [2.45, 2.75) is 19.8 Å². The Labute approximate surface area is 203 Å². The highest BCUT2D eigenvalue weighted by Crippen LogP contribution is 2.27. The van der Waals surface area contributed by atoms with Gasteiger partial charge in [-0.1, -0.05) is 29.3 Å². The van der Waals surface area contributed by atoms with Crippen molar-refractivity contribution in [3.05, 3.63) is 80.0 Å². The number of fused-ring (bicyclic) bond motifs is 1. The molecule has 4 rings (SSSR count). The molecule has 1 N–H and O–H groups in total. The Morgan fingerprint density at radius 3 is 2.85 bits per heavy atom. The molecule has 6 nitrogen and oxygen atoms in total. The van der Waals surface area contributed by atoms with Gasteiger partial charge in [-0.25, -0.2) is 9.78 Å². The lowest BCUT2D eigenvalue weighted by atomic mass is 10.1. The first-order valence-corrected chi connectivity index (χ1v) is 12.0.